The Morgan fingerprint density at radius 2 is 1.81 bits per heavy atom. The number of rotatable bonds is 2. The summed E-state index contributed by atoms with van der Waals surface area (Å²) in [6.45, 7) is 3.66. The molecule has 1 aromatic carbocycles. The SMILES string of the molecule is CC1(c2ccccc2)CN(C2(C(F)(F)F)CC2)CCCN1. The van der Waals surface area contributed by atoms with Crippen LogP contribution in [0.15, 0.2) is 30.3 Å². The van der Waals surface area contributed by atoms with Crippen LogP contribution in [-0.2, 0) is 5.54 Å². The van der Waals surface area contributed by atoms with Gasteiger partial charge in [0.05, 0.1) is 5.54 Å². The van der Waals surface area contributed by atoms with Gasteiger partial charge >= 0.3 is 6.18 Å². The minimum atomic E-state index is -4.13. The Morgan fingerprint density at radius 1 is 1.14 bits per heavy atom. The summed E-state index contributed by atoms with van der Waals surface area (Å²) >= 11 is 0. The molecule has 1 aliphatic carbocycles. The lowest BCUT2D eigenvalue weighted by atomic mass is 9.91. The van der Waals surface area contributed by atoms with Crippen LogP contribution in [0.1, 0.15) is 31.7 Å². The number of alkyl halides is 3. The van der Waals surface area contributed by atoms with Crippen LogP contribution in [0.4, 0.5) is 13.2 Å². The van der Waals surface area contributed by atoms with Crippen LogP contribution in [0, 0.1) is 0 Å². The number of hydrogen-bond acceptors (Lipinski definition) is 2. The second-order valence-corrected chi connectivity index (χ2v) is 6.43. The molecule has 116 valence electrons. The topological polar surface area (TPSA) is 15.3 Å². The van der Waals surface area contributed by atoms with Gasteiger partial charge in [0.2, 0.25) is 0 Å². The van der Waals surface area contributed by atoms with Crippen molar-refractivity contribution in [2.24, 2.45) is 0 Å². The van der Waals surface area contributed by atoms with Gasteiger partial charge in [0.25, 0.3) is 0 Å². The van der Waals surface area contributed by atoms with E-state index in [-0.39, 0.29) is 12.8 Å². The van der Waals surface area contributed by atoms with Crippen LogP contribution in [0.2, 0.25) is 0 Å². The van der Waals surface area contributed by atoms with E-state index in [1.54, 1.807) is 4.90 Å². The number of benzene rings is 1. The maximum absolute atomic E-state index is 13.4. The summed E-state index contributed by atoms with van der Waals surface area (Å²) < 4.78 is 40.2. The third-order valence-corrected chi connectivity index (χ3v) is 4.89. The summed E-state index contributed by atoms with van der Waals surface area (Å²) in [6.07, 6.45) is -2.90. The Morgan fingerprint density at radius 3 is 2.38 bits per heavy atom. The van der Waals surface area contributed by atoms with Crippen molar-refractivity contribution in [3.63, 3.8) is 0 Å². The molecule has 1 N–H and O–H groups in total. The first-order chi connectivity index (χ1) is 9.87. The summed E-state index contributed by atoms with van der Waals surface area (Å²) in [5.41, 5.74) is -0.955. The second kappa shape index (κ2) is 4.99. The molecule has 2 aliphatic rings. The maximum atomic E-state index is 13.4. The fraction of sp³-hybridized carbons (Fsp3) is 0.625. The Bertz CT molecular complexity index is 496. The van der Waals surface area contributed by atoms with Crippen LogP contribution < -0.4 is 5.32 Å². The van der Waals surface area contributed by atoms with Gasteiger partial charge in [-0.3, -0.25) is 4.90 Å². The second-order valence-electron chi connectivity index (χ2n) is 6.43. The van der Waals surface area contributed by atoms with Crippen LogP contribution in [0.5, 0.6) is 0 Å². The van der Waals surface area contributed by atoms with Crippen molar-refractivity contribution in [3.05, 3.63) is 35.9 Å². The quantitative estimate of drug-likeness (QED) is 0.901. The molecule has 1 atom stereocenters. The molecule has 1 aliphatic heterocycles. The summed E-state index contributed by atoms with van der Waals surface area (Å²) in [5, 5.41) is 3.45. The maximum Gasteiger partial charge on any atom is 0.406 e. The summed E-state index contributed by atoms with van der Waals surface area (Å²) in [5.74, 6) is 0. The van der Waals surface area contributed by atoms with Gasteiger partial charge in [0.1, 0.15) is 5.54 Å². The number of halogens is 3. The van der Waals surface area contributed by atoms with Crippen molar-refractivity contribution in [1.82, 2.24) is 10.2 Å². The predicted molar refractivity (Wildman–Crippen MR) is 76.0 cm³/mol. The summed E-state index contributed by atoms with van der Waals surface area (Å²) in [4.78, 5) is 1.67. The fourth-order valence-corrected chi connectivity index (χ4v) is 3.41. The lowest BCUT2D eigenvalue weighted by Gasteiger charge is -2.39. The zero-order valence-electron chi connectivity index (χ0n) is 12.2. The van der Waals surface area contributed by atoms with E-state index in [1.807, 2.05) is 37.3 Å². The Labute approximate surface area is 123 Å². The van der Waals surface area contributed by atoms with Crippen LogP contribution in [-0.4, -0.2) is 36.2 Å². The van der Waals surface area contributed by atoms with E-state index in [0.717, 1.165) is 18.5 Å². The first kappa shape index (κ1) is 14.9. The van der Waals surface area contributed by atoms with Crippen molar-refractivity contribution in [3.8, 4) is 0 Å². The molecular formula is C16H21F3N2. The summed E-state index contributed by atoms with van der Waals surface area (Å²) in [6, 6.07) is 9.79. The van der Waals surface area contributed by atoms with Gasteiger partial charge in [-0.1, -0.05) is 30.3 Å². The predicted octanol–water partition coefficient (Wildman–Crippen LogP) is 3.29. The largest absolute Gasteiger partial charge is 0.406 e. The number of nitrogens with one attached hydrogen (secondary N) is 1. The van der Waals surface area contributed by atoms with Crippen LogP contribution in [0.25, 0.3) is 0 Å². The highest BCUT2D eigenvalue weighted by molar-refractivity contribution is 5.25. The molecule has 5 heteroatoms. The molecule has 2 fully saturated rings. The monoisotopic (exact) mass is 298 g/mol. The highest BCUT2D eigenvalue weighted by atomic mass is 19.4. The number of nitrogens with zero attached hydrogens (tertiary/aromatic N) is 1. The van der Waals surface area contributed by atoms with Crippen LogP contribution in [0.3, 0.4) is 0 Å². The van der Waals surface area contributed by atoms with E-state index in [1.165, 1.54) is 0 Å². The molecule has 1 heterocycles. The average Bonchev–Trinajstić information content (AvgIpc) is 3.24. The molecule has 0 amide bonds. The number of hydrogen-bond donors (Lipinski definition) is 1. The van der Waals surface area contributed by atoms with Gasteiger partial charge in [0, 0.05) is 13.1 Å². The van der Waals surface area contributed by atoms with Gasteiger partial charge in [-0.2, -0.15) is 13.2 Å². The zero-order valence-corrected chi connectivity index (χ0v) is 12.2. The zero-order chi connectivity index (χ0) is 15.1. The fourth-order valence-electron chi connectivity index (χ4n) is 3.41. The van der Waals surface area contributed by atoms with Crippen molar-refractivity contribution in [2.75, 3.05) is 19.6 Å². The minimum Gasteiger partial charge on any atom is -0.307 e. The van der Waals surface area contributed by atoms with Gasteiger partial charge in [-0.15, -0.1) is 0 Å². The van der Waals surface area contributed by atoms with Gasteiger partial charge in [-0.05, 0) is 38.3 Å². The van der Waals surface area contributed by atoms with Crippen molar-refractivity contribution < 1.29 is 13.2 Å². The third-order valence-electron chi connectivity index (χ3n) is 4.89. The highest BCUT2D eigenvalue weighted by Gasteiger charge is 2.67. The molecular weight excluding hydrogens is 277 g/mol. The highest BCUT2D eigenvalue weighted by Crippen LogP contribution is 2.54. The van der Waals surface area contributed by atoms with E-state index in [4.69, 9.17) is 0 Å². The van der Waals surface area contributed by atoms with Gasteiger partial charge < -0.3 is 5.32 Å². The molecule has 2 nitrogen and oxygen atoms in total. The molecule has 0 aromatic heterocycles. The van der Waals surface area contributed by atoms with Gasteiger partial charge in [-0.25, -0.2) is 0 Å². The molecule has 1 aromatic rings. The molecule has 1 saturated heterocycles. The van der Waals surface area contributed by atoms with Gasteiger partial charge in [0.15, 0.2) is 0 Å². The lowest BCUT2D eigenvalue weighted by molar-refractivity contribution is -0.198. The molecule has 1 saturated carbocycles. The smallest absolute Gasteiger partial charge is 0.307 e. The van der Waals surface area contributed by atoms with Crippen molar-refractivity contribution in [1.29, 1.82) is 0 Å². The minimum absolute atomic E-state index is 0.237. The molecule has 0 spiro atoms. The Balaban J connectivity index is 1.88. The Kier molecular flexibility index (Phi) is 3.53. The van der Waals surface area contributed by atoms with Crippen LogP contribution >= 0.6 is 0 Å². The molecule has 0 bridgehead atoms. The molecule has 3 rings (SSSR count). The Hall–Kier alpha value is -1.07. The van der Waals surface area contributed by atoms with E-state index in [2.05, 4.69) is 5.32 Å². The average molecular weight is 298 g/mol. The molecule has 0 radical (unpaired) electrons. The normalized spacial score (nSPS) is 29.9. The summed E-state index contributed by atoms with van der Waals surface area (Å²) in [7, 11) is 0. The standard InChI is InChI=1S/C16H21F3N2/c1-14(13-6-3-2-4-7-13)12-21(11-5-10-20-14)15(8-9-15)16(17,18)19/h2-4,6-7,20H,5,8-12H2,1H3. The van der Waals surface area contributed by atoms with E-state index < -0.39 is 17.3 Å². The van der Waals surface area contributed by atoms with E-state index in [0.29, 0.717) is 13.1 Å². The molecule has 21 heavy (non-hydrogen) atoms. The first-order valence-electron chi connectivity index (χ1n) is 7.50. The van der Waals surface area contributed by atoms with E-state index in [9.17, 15) is 13.2 Å². The molecule has 1 unspecified atom stereocenters. The van der Waals surface area contributed by atoms with Crippen molar-refractivity contribution >= 4 is 0 Å². The first-order valence-corrected chi connectivity index (χ1v) is 7.50. The van der Waals surface area contributed by atoms with E-state index >= 15 is 0 Å². The lowest BCUT2D eigenvalue weighted by Crippen LogP contribution is -2.54. The van der Waals surface area contributed by atoms with Crippen molar-refractivity contribution in [2.45, 2.75) is 43.4 Å². The third kappa shape index (κ3) is 2.57.